The standard InChI is InChI=1S/C22H21N3O3/c1-2-17-13-25(18-8-3-4-9-19(18)27-17)22(26)16-7-5-6-15(12-16)20-23-21(28-24-20)14-10-11-14/h3-9,12,14,17H,2,10-11,13H2,1H3. The third-order valence-corrected chi connectivity index (χ3v) is 5.27. The van der Waals surface area contributed by atoms with Crippen molar-refractivity contribution in [2.45, 2.75) is 38.2 Å². The van der Waals surface area contributed by atoms with Gasteiger partial charge in [0.05, 0.1) is 12.2 Å². The van der Waals surface area contributed by atoms with Crippen LogP contribution in [0.1, 0.15) is 48.4 Å². The molecule has 0 radical (unpaired) electrons. The van der Waals surface area contributed by atoms with E-state index < -0.39 is 0 Å². The topological polar surface area (TPSA) is 68.5 Å². The molecule has 0 saturated heterocycles. The van der Waals surface area contributed by atoms with Crippen LogP contribution in [0.15, 0.2) is 53.1 Å². The first-order valence-corrected chi connectivity index (χ1v) is 9.74. The van der Waals surface area contributed by atoms with Gasteiger partial charge < -0.3 is 14.2 Å². The Morgan fingerprint density at radius 2 is 2.04 bits per heavy atom. The number of amides is 1. The summed E-state index contributed by atoms with van der Waals surface area (Å²) in [5.74, 6) is 2.33. The van der Waals surface area contributed by atoms with Gasteiger partial charge in [0.1, 0.15) is 11.9 Å². The van der Waals surface area contributed by atoms with Crippen molar-refractivity contribution in [3.8, 4) is 17.1 Å². The third-order valence-electron chi connectivity index (χ3n) is 5.27. The Hall–Kier alpha value is -3.15. The Labute approximate surface area is 163 Å². The van der Waals surface area contributed by atoms with Crippen molar-refractivity contribution in [1.82, 2.24) is 10.1 Å². The molecule has 3 aromatic rings. The minimum atomic E-state index is -0.0537. The fraction of sp³-hybridized carbons (Fsp3) is 0.318. The molecule has 0 bridgehead atoms. The molecule has 6 nitrogen and oxygen atoms in total. The van der Waals surface area contributed by atoms with Crippen LogP contribution in [0.2, 0.25) is 0 Å². The van der Waals surface area contributed by atoms with Gasteiger partial charge in [-0.25, -0.2) is 0 Å². The second kappa shape index (κ2) is 6.78. The fourth-order valence-electron chi connectivity index (χ4n) is 3.50. The minimum Gasteiger partial charge on any atom is -0.486 e. The summed E-state index contributed by atoms with van der Waals surface area (Å²) in [7, 11) is 0. The molecule has 1 aliphatic carbocycles. The molecule has 0 spiro atoms. The summed E-state index contributed by atoms with van der Waals surface area (Å²) in [6.07, 6.45) is 3.04. The van der Waals surface area contributed by atoms with E-state index in [1.54, 1.807) is 4.90 Å². The molecule has 142 valence electrons. The van der Waals surface area contributed by atoms with E-state index in [4.69, 9.17) is 9.26 Å². The Bertz CT molecular complexity index is 1030. The number of aromatic nitrogens is 2. The fourth-order valence-corrected chi connectivity index (χ4v) is 3.50. The number of hydrogen-bond donors (Lipinski definition) is 0. The Balaban J connectivity index is 1.46. The van der Waals surface area contributed by atoms with Crippen LogP contribution < -0.4 is 9.64 Å². The predicted molar refractivity (Wildman–Crippen MR) is 105 cm³/mol. The molecule has 2 heterocycles. The molecule has 6 heteroatoms. The van der Waals surface area contributed by atoms with Crippen molar-refractivity contribution >= 4 is 11.6 Å². The molecule has 1 atom stereocenters. The average molecular weight is 375 g/mol. The van der Waals surface area contributed by atoms with Gasteiger partial charge in [-0.15, -0.1) is 0 Å². The maximum absolute atomic E-state index is 13.3. The number of nitrogens with zero attached hydrogens (tertiary/aromatic N) is 3. The molecular formula is C22H21N3O3. The van der Waals surface area contributed by atoms with E-state index in [0.29, 0.717) is 29.7 Å². The number of ether oxygens (including phenoxy) is 1. The van der Waals surface area contributed by atoms with Gasteiger partial charge in [0.15, 0.2) is 0 Å². The van der Waals surface area contributed by atoms with Gasteiger partial charge in [-0.05, 0) is 43.5 Å². The SMILES string of the molecule is CCC1CN(C(=O)c2cccc(-c3noc(C4CC4)n3)c2)c2ccccc2O1. The molecule has 5 rings (SSSR count). The highest BCUT2D eigenvalue weighted by atomic mass is 16.5. The maximum Gasteiger partial charge on any atom is 0.258 e. The average Bonchev–Trinajstić information content (AvgIpc) is 3.49. The van der Waals surface area contributed by atoms with E-state index in [0.717, 1.165) is 36.3 Å². The highest BCUT2D eigenvalue weighted by Gasteiger charge is 2.31. The maximum atomic E-state index is 13.3. The number of rotatable bonds is 4. The van der Waals surface area contributed by atoms with E-state index in [1.165, 1.54) is 0 Å². The van der Waals surface area contributed by atoms with Crippen LogP contribution in [-0.2, 0) is 0 Å². The molecule has 2 aromatic carbocycles. The largest absolute Gasteiger partial charge is 0.486 e. The van der Waals surface area contributed by atoms with Gasteiger partial charge in [-0.2, -0.15) is 4.98 Å². The van der Waals surface area contributed by atoms with E-state index in [-0.39, 0.29) is 12.0 Å². The molecule has 1 aliphatic heterocycles. The summed E-state index contributed by atoms with van der Waals surface area (Å²) in [5, 5.41) is 4.09. The second-order valence-corrected chi connectivity index (χ2v) is 7.34. The molecule has 1 fully saturated rings. The Morgan fingerprint density at radius 3 is 2.86 bits per heavy atom. The lowest BCUT2D eigenvalue weighted by Crippen LogP contribution is -2.43. The zero-order valence-corrected chi connectivity index (χ0v) is 15.7. The lowest BCUT2D eigenvalue weighted by atomic mass is 10.1. The van der Waals surface area contributed by atoms with Crippen molar-refractivity contribution in [2.24, 2.45) is 0 Å². The molecular weight excluding hydrogens is 354 g/mol. The summed E-state index contributed by atoms with van der Waals surface area (Å²) >= 11 is 0. The van der Waals surface area contributed by atoms with Gasteiger partial charge in [0.2, 0.25) is 11.7 Å². The number of benzene rings is 2. The first kappa shape index (κ1) is 17.0. The second-order valence-electron chi connectivity index (χ2n) is 7.34. The molecule has 1 saturated carbocycles. The minimum absolute atomic E-state index is 0.0136. The predicted octanol–water partition coefficient (Wildman–Crippen LogP) is 4.43. The van der Waals surface area contributed by atoms with Crippen LogP contribution >= 0.6 is 0 Å². The molecule has 28 heavy (non-hydrogen) atoms. The lowest BCUT2D eigenvalue weighted by molar-refractivity contribution is 0.0954. The highest BCUT2D eigenvalue weighted by molar-refractivity contribution is 6.07. The number of anilines is 1. The molecule has 1 aromatic heterocycles. The number of hydrogen-bond acceptors (Lipinski definition) is 5. The van der Waals surface area contributed by atoms with E-state index in [2.05, 4.69) is 17.1 Å². The highest BCUT2D eigenvalue weighted by Crippen LogP contribution is 2.39. The first-order chi connectivity index (χ1) is 13.7. The van der Waals surface area contributed by atoms with Gasteiger partial charge in [-0.3, -0.25) is 4.79 Å². The van der Waals surface area contributed by atoms with Crippen LogP contribution in [0.5, 0.6) is 5.75 Å². The van der Waals surface area contributed by atoms with Crippen molar-refractivity contribution in [2.75, 3.05) is 11.4 Å². The van der Waals surface area contributed by atoms with E-state index >= 15 is 0 Å². The number of fused-ring (bicyclic) bond motifs is 1. The van der Waals surface area contributed by atoms with Crippen LogP contribution in [0, 0.1) is 0 Å². The Kier molecular flexibility index (Phi) is 4.11. The van der Waals surface area contributed by atoms with Gasteiger partial charge in [-0.1, -0.05) is 36.3 Å². The first-order valence-electron chi connectivity index (χ1n) is 9.74. The van der Waals surface area contributed by atoms with Crippen LogP contribution in [0.3, 0.4) is 0 Å². The number of para-hydroxylation sites is 2. The van der Waals surface area contributed by atoms with Crippen LogP contribution in [0.4, 0.5) is 5.69 Å². The summed E-state index contributed by atoms with van der Waals surface area (Å²) in [4.78, 5) is 19.6. The summed E-state index contributed by atoms with van der Waals surface area (Å²) in [6.45, 7) is 2.60. The summed E-state index contributed by atoms with van der Waals surface area (Å²) in [6, 6.07) is 15.1. The zero-order valence-electron chi connectivity index (χ0n) is 15.7. The quantitative estimate of drug-likeness (QED) is 0.675. The van der Waals surface area contributed by atoms with Gasteiger partial charge >= 0.3 is 0 Å². The monoisotopic (exact) mass is 375 g/mol. The number of carbonyl (C=O) groups excluding carboxylic acids is 1. The smallest absolute Gasteiger partial charge is 0.258 e. The van der Waals surface area contributed by atoms with Crippen LogP contribution in [-0.4, -0.2) is 28.7 Å². The van der Waals surface area contributed by atoms with Crippen molar-refractivity contribution in [3.63, 3.8) is 0 Å². The van der Waals surface area contributed by atoms with Gasteiger partial charge in [0.25, 0.3) is 5.91 Å². The zero-order chi connectivity index (χ0) is 19.1. The van der Waals surface area contributed by atoms with Crippen LogP contribution in [0.25, 0.3) is 11.4 Å². The molecule has 0 N–H and O–H groups in total. The lowest BCUT2D eigenvalue weighted by Gasteiger charge is -2.34. The van der Waals surface area contributed by atoms with Crippen molar-refractivity contribution in [1.29, 1.82) is 0 Å². The normalized spacial score (nSPS) is 18.5. The van der Waals surface area contributed by atoms with Crippen molar-refractivity contribution in [3.05, 3.63) is 60.0 Å². The molecule has 2 aliphatic rings. The third kappa shape index (κ3) is 3.05. The van der Waals surface area contributed by atoms with E-state index in [1.807, 2.05) is 48.5 Å². The Morgan fingerprint density at radius 1 is 1.18 bits per heavy atom. The van der Waals surface area contributed by atoms with Gasteiger partial charge in [0, 0.05) is 17.0 Å². The summed E-state index contributed by atoms with van der Waals surface area (Å²) in [5.41, 5.74) is 2.19. The van der Waals surface area contributed by atoms with Crippen molar-refractivity contribution < 1.29 is 14.1 Å². The van der Waals surface area contributed by atoms with E-state index in [9.17, 15) is 4.79 Å². The number of carbonyl (C=O) groups is 1. The molecule has 1 unspecified atom stereocenters. The summed E-state index contributed by atoms with van der Waals surface area (Å²) < 4.78 is 11.4. The molecule has 1 amide bonds.